The zero-order valence-electron chi connectivity index (χ0n) is 15.0. The van der Waals surface area contributed by atoms with Gasteiger partial charge in [-0.3, -0.25) is 9.59 Å². The van der Waals surface area contributed by atoms with Gasteiger partial charge in [0.2, 0.25) is 5.78 Å². The van der Waals surface area contributed by atoms with Crippen LogP contribution >= 0.6 is 11.3 Å². The summed E-state index contributed by atoms with van der Waals surface area (Å²) in [5, 5.41) is 9.05. The Morgan fingerprint density at radius 3 is 2.79 bits per heavy atom. The van der Waals surface area contributed by atoms with Crippen molar-refractivity contribution < 1.29 is 9.59 Å². The molecule has 0 radical (unpaired) electrons. The number of ketones is 1. The van der Waals surface area contributed by atoms with Crippen LogP contribution in [0.25, 0.3) is 16.9 Å². The number of nitrogens with zero attached hydrogens (tertiary/aromatic N) is 3. The van der Waals surface area contributed by atoms with Gasteiger partial charge in [0.1, 0.15) is 0 Å². The van der Waals surface area contributed by atoms with Gasteiger partial charge in [-0.2, -0.15) is 5.10 Å². The molecule has 7 heteroatoms. The van der Waals surface area contributed by atoms with Crippen LogP contribution in [0.1, 0.15) is 22.2 Å². The Morgan fingerprint density at radius 2 is 2.04 bits per heavy atom. The van der Waals surface area contributed by atoms with Crippen LogP contribution < -0.4 is 5.32 Å². The van der Waals surface area contributed by atoms with E-state index >= 15 is 0 Å². The lowest BCUT2D eigenvalue weighted by molar-refractivity contribution is -0.112. The molecule has 0 aliphatic heterocycles. The Balaban J connectivity index is 1.75. The second-order valence-corrected chi connectivity index (χ2v) is 7.19. The molecule has 3 aromatic heterocycles. The largest absolute Gasteiger partial charge is 0.322 e. The van der Waals surface area contributed by atoms with E-state index in [9.17, 15) is 9.59 Å². The van der Waals surface area contributed by atoms with Crippen molar-refractivity contribution in [2.45, 2.75) is 6.92 Å². The first-order valence-corrected chi connectivity index (χ1v) is 9.41. The van der Waals surface area contributed by atoms with Gasteiger partial charge in [0.15, 0.2) is 5.65 Å². The molecule has 0 bridgehead atoms. The van der Waals surface area contributed by atoms with Gasteiger partial charge in [-0.25, -0.2) is 9.50 Å². The first-order valence-electron chi connectivity index (χ1n) is 8.53. The molecule has 0 unspecified atom stereocenters. The normalized spacial score (nSPS) is 10.8. The zero-order chi connectivity index (χ0) is 19.7. The standard InChI is InChI=1S/C21H16N4O2S/c1-13(2)21(27)24-15-6-3-5-14(11-15)17-8-9-22-20-16(12-23-25(17)20)19(26)18-7-4-10-28-18/h3-12H,1H2,2H3,(H,24,27). The third-order valence-corrected chi connectivity index (χ3v) is 5.06. The van der Waals surface area contributed by atoms with Crippen molar-refractivity contribution in [3.8, 4) is 11.3 Å². The molecule has 1 amide bonds. The average molecular weight is 388 g/mol. The van der Waals surface area contributed by atoms with E-state index in [0.717, 1.165) is 11.3 Å². The summed E-state index contributed by atoms with van der Waals surface area (Å²) in [4.78, 5) is 29.6. The first-order chi connectivity index (χ1) is 13.5. The summed E-state index contributed by atoms with van der Waals surface area (Å²) in [6.45, 7) is 5.30. The molecular formula is C21H16N4O2S. The quantitative estimate of drug-likeness (QED) is 0.411. The Kier molecular flexibility index (Phi) is 4.58. The van der Waals surface area contributed by atoms with Gasteiger partial charge >= 0.3 is 0 Å². The van der Waals surface area contributed by atoms with Crippen LogP contribution in [-0.2, 0) is 4.79 Å². The summed E-state index contributed by atoms with van der Waals surface area (Å²) >= 11 is 1.39. The van der Waals surface area contributed by atoms with Gasteiger partial charge in [-0.05, 0) is 36.6 Å². The monoisotopic (exact) mass is 388 g/mol. The Morgan fingerprint density at radius 1 is 1.18 bits per heavy atom. The van der Waals surface area contributed by atoms with E-state index < -0.39 is 0 Å². The van der Waals surface area contributed by atoms with Crippen molar-refractivity contribution >= 4 is 34.4 Å². The first kappa shape index (κ1) is 17.8. The summed E-state index contributed by atoms with van der Waals surface area (Å²) in [5.74, 6) is -0.336. The van der Waals surface area contributed by atoms with Gasteiger partial charge in [-0.15, -0.1) is 11.3 Å². The van der Waals surface area contributed by atoms with Gasteiger partial charge in [0, 0.05) is 23.0 Å². The number of aromatic nitrogens is 3. The molecule has 4 rings (SSSR count). The maximum atomic E-state index is 12.7. The molecule has 4 aromatic rings. The predicted octanol–water partition coefficient (Wildman–Crippen LogP) is 4.20. The number of carbonyl (C=O) groups excluding carboxylic acids is 2. The fraction of sp³-hybridized carbons (Fsp3) is 0.0476. The van der Waals surface area contributed by atoms with Crippen LogP contribution in [-0.4, -0.2) is 26.3 Å². The van der Waals surface area contributed by atoms with Crippen molar-refractivity contribution in [1.29, 1.82) is 0 Å². The number of benzene rings is 1. The summed E-state index contributed by atoms with van der Waals surface area (Å²) < 4.78 is 1.64. The Hall–Kier alpha value is -3.58. The van der Waals surface area contributed by atoms with Crippen molar-refractivity contribution in [3.63, 3.8) is 0 Å². The van der Waals surface area contributed by atoms with E-state index in [4.69, 9.17) is 0 Å². The highest BCUT2D eigenvalue weighted by molar-refractivity contribution is 7.12. The molecule has 0 saturated carbocycles. The molecule has 0 aliphatic rings. The van der Waals surface area contributed by atoms with Crippen molar-refractivity contribution in [2.75, 3.05) is 5.32 Å². The number of rotatable bonds is 5. The minimum Gasteiger partial charge on any atom is -0.322 e. The zero-order valence-corrected chi connectivity index (χ0v) is 15.9. The highest BCUT2D eigenvalue weighted by Gasteiger charge is 2.18. The third-order valence-electron chi connectivity index (χ3n) is 4.19. The molecule has 28 heavy (non-hydrogen) atoms. The van der Waals surface area contributed by atoms with Crippen LogP contribution in [0.3, 0.4) is 0 Å². The highest BCUT2D eigenvalue weighted by atomic mass is 32.1. The minimum atomic E-state index is -0.236. The van der Waals surface area contributed by atoms with Crippen LogP contribution in [0.2, 0.25) is 0 Å². The molecule has 0 spiro atoms. The van der Waals surface area contributed by atoms with Crippen molar-refractivity contribution in [3.05, 3.63) is 82.8 Å². The molecule has 0 fully saturated rings. The molecule has 3 heterocycles. The summed E-state index contributed by atoms with van der Waals surface area (Å²) in [7, 11) is 0. The van der Waals surface area contributed by atoms with E-state index in [-0.39, 0.29) is 11.7 Å². The van der Waals surface area contributed by atoms with Crippen LogP contribution in [0.4, 0.5) is 5.69 Å². The number of hydrogen-bond donors (Lipinski definition) is 1. The van der Waals surface area contributed by atoms with Crippen LogP contribution in [0.15, 0.2) is 72.4 Å². The van der Waals surface area contributed by atoms with Gasteiger partial charge in [-0.1, -0.05) is 24.8 Å². The molecule has 138 valence electrons. The van der Waals surface area contributed by atoms with E-state index in [1.54, 1.807) is 36.0 Å². The molecule has 0 atom stereocenters. The van der Waals surface area contributed by atoms with Gasteiger partial charge in [0.25, 0.3) is 5.91 Å². The topological polar surface area (TPSA) is 76.4 Å². The SMILES string of the molecule is C=C(C)C(=O)Nc1cccc(-c2ccnc3c(C(=O)c4cccs4)cnn23)c1. The van der Waals surface area contributed by atoms with Crippen molar-refractivity contribution in [2.24, 2.45) is 0 Å². The van der Waals surface area contributed by atoms with E-state index in [0.29, 0.717) is 27.3 Å². The Labute approximate surface area is 165 Å². The number of hydrogen-bond acceptors (Lipinski definition) is 5. The number of amides is 1. The molecule has 1 aromatic carbocycles. The number of fused-ring (bicyclic) bond motifs is 1. The smallest absolute Gasteiger partial charge is 0.250 e. The van der Waals surface area contributed by atoms with Crippen molar-refractivity contribution in [1.82, 2.24) is 14.6 Å². The third kappa shape index (κ3) is 3.23. The highest BCUT2D eigenvalue weighted by Crippen LogP contribution is 2.25. The second kappa shape index (κ2) is 7.21. The molecule has 0 aliphatic carbocycles. The summed E-state index contributed by atoms with van der Waals surface area (Å²) in [6.07, 6.45) is 3.19. The fourth-order valence-corrected chi connectivity index (χ4v) is 3.48. The lowest BCUT2D eigenvalue weighted by Crippen LogP contribution is -2.11. The second-order valence-electron chi connectivity index (χ2n) is 6.25. The van der Waals surface area contributed by atoms with Crippen LogP contribution in [0.5, 0.6) is 0 Å². The lowest BCUT2D eigenvalue weighted by Gasteiger charge is -2.09. The molecule has 0 saturated heterocycles. The molecule has 1 N–H and O–H groups in total. The number of thiophene rings is 1. The average Bonchev–Trinajstić information content (AvgIpc) is 3.37. The molecular weight excluding hydrogens is 372 g/mol. The van der Waals surface area contributed by atoms with Gasteiger partial charge < -0.3 is 5.32 Å². The maximum absolute atomic E-state index is 12.7. The molecule has 6 nitrogen and oxygen atoms in total. The fourth-order valence-electron chi connectivity index (χ4n) is 2.80. The summed E-state index contributed by atoms with van der Waals surface area (Å²) in [5.41, 5.74) is 3.63. The summed E-state index contributed by atoms with van der Waals surface area (Å²) in [6, 6.07) is 12.8. The lowest BCUT2D eigenvalue weighted by atomic mass is 10.1. The number of anilines is 1. The maximum Gasteiger partial charge on any atom is 0.250 e. The number of carbonyl (C=O) groups is 2. The predicted molar refractivity (Wildman–Crippen MR) is 110 cm³/mol. The Bertz CT molecular complexity index is 1210. The van der Waals surface area contributed by atoms with Gasteiger partial charge in [0.05, 0.1) is 22.3 Å². The van der Waals surface area contributed by atoms with Crippen LogP contribution in [0, 0.1) is 0 Å². The minimum absolute atomic E-state index is 0.0999. The van der Waals surface area contributed by atoms with E-state index in [2.05, 4.69) is 22.0 Å². The number of nitrogens with one attached hydrogen (secondary N) is 1. The van der Waals surface area contributed by atoms with E-state index in [1.165, 1.54) is 11.3 Å². The van der Waals surface area contributed by atoms with E-state index in [1.807, 2.05) is 35.7 Å².